The zero-order valence-electron chi connectivity index (χ0n) is 12.6. The van der Waals surface area contributed by atoms with E-state index in [1.165, 1.54) is 0 Å². The molecule has 0 bridgehead atoms. The molecule has 3 rings (SSSR count). The van der Waals surface area contributed by atoms with Gasteiger partial charge in [-0.2, -0.15) is 0 Å². The second-order valence-electron chi connectivity index (χ2n) is 5.05. The third kappa shape index (κ3) is 3.36. The Morgan fingerprint density at radius 2 is 2.14 bits per heavy atom. The number of nitrogens with zero attached hydrogens (tertiary/aromatic N) is 5. The van der Waals surface area contributed by atoms with E-state index >= 15 is 0 Å². The second kappa shape index (κ2) is 6.93. The highest BCUT2D eigenvalue weighted by Gasteiger charge is 2.20. The minimum atomic E-state index is 0.615. The summed E-state index contributed by atoms with van der Waals surface area (Å²) in [4.78, 5) is 13.3. The van der Waals surface area contributed by atoms with E-state index in [1.54, 1.807) is 13.3 Å². The molecule has 1 fully saturated rings. The van der Waals surface area contributed by atoms with Crippen LogP contribution in [0.25, 0.3) is 0 Å². The first-order valence-corrected chi connectivity index (χ1v) is 7.37. The van der Waals surface area contributed by atoms with Crippen molar-refractivity contribution in [3.8, 4) is 0 Å². The molecule has 0 aliphatic carbocycles. The number of hydrogen-bond donors (Lipinski definition) is 1. The maximum Gasteiger partial charge on any atom is 0.194 e. The minimum Gasteiger partial charge on any atom is -0.364 e. The molecule has 2 aromatic rings. The fourth-order valence-corrected chi connectivity index (χ4v) is 2.52. The molecule has 0 radical (unpaired) electrons. The van der Waals surface area contributed by atoms with Gasteiger partial charge in [-0.3, -0.25) is 4.99 Å². The van der Waals surface area contributed by atoms with Crippen molar-refractivity contribution >= 4 is 11.8 Å². The number of aromatic nitrogens is 2. The molecule has 7 nitrogen and oxygen atoms in total. The summed E-state index contributed by atoms with van der Waals surface area (Å²) in [5, 5.41) is 7.21. The van der Waals surface area contributed by atoms with Gasteiger partial charge in [0.05, 0.1) is 6.54 Å². The van der Waals surface area contributed by atoms with Crippen LogP contribution in [0.3, 0.4) is 0 Å². The molecule has 0 saturated carbocycles. The Morgan fingerprint density at radius 1 is 1.27 bits per heavy atom. The van der Waals surface area contributed by atoms with E-state index in [-0.39, 0.29) is 0 Å². The van der Waals surface area contributed by atoms with Crippen LogP contribution in [-0.2, 0) is 6.54 Å². The molecule has 2 aromatic heterocycles. The van der Waals surface area contributed by atoms with Gasteiger partial charge in [0.15, 0.2) is 5.96 Å². The van der Waals surface area contributed by atoms with Crippen molar-refractivity contribution in [1.82, 2.24) is 20.4 Å². The molecule has 0 aromatic carbocycles. The smallest absolute Gasteiger partial charge is 0.194 e. The lowest BCUT2D eigenvalue weighted by atomic mass is 10.3. The maximum atomic E-state index is 4.83. The van der Waals surface area contributed by atoms with Gasteiger partial charge in [0.25, 0.3) is 0 Å². The van der Waals surface area contributed by atoms with Crippen molar-refractivity contribution in [1.29, 1.82) is 0 Å². The summed E-state index contributed by atoms with van der Waals surface area (Å²) in [6, 6.07) is 7.86. The molecular weight excluding hydrogens is 280 g/mol. The Labute approximate surface area is 129 Å². The normalized spacial score (nSPS) is 16.0. The van der Waals surface area contributed by atoms with Crippen LogP contribution in [0.4, 0.5) is 5.82 Å². The number of hydrogen-bond acceptors (Lipinski definition) is 5. The first kappa shape index (κ1) is 14.4. The van der Waals surface area contributed by atoms with E-state index < -0.39 is 0 Å². The van der Waals surface area contributed by atoms with E-state index in [4.69, 9.17) is 4.52 Å². The lowest BCUT2D eigenvalue weighted by Crippen LogP contribution is -2.52. The van der Waals surface area contributed by atoms with Crippen LogP contribution in [0, 0.1) is 0 Å². The Morgan fingerprint density at radius 3 is 2.77 bits per heavy atom. The predicted molar refractivity (Wildman–Crippen MR) is 84.7 cm³/mol. The van der Waals surface area contributed by atoms with Crippen molar-refractivity contribution in [2.45, 2.75) is 6.54 Å². The predicted octanol–water partition coefficient (Wildman–Crippen LogP) is 0.967. The van der Waals surface area contributed by atoms with Crippen LogP contribution in [0.1, 0.15) is 5.69 Å². The van der Waals surface area contributed by atoms with Crippen LogP contribution in [0.15, 0.2) is 46.2 Å². The molecule has 3 heterocycles. The Hall–Kier alpha value is -2.57. The average molecular weight is 300 g/mol. The van der Waals surface area contributed by atoms with Crippen LogP contribution < -0.4 is 10.2 Å². The van der Waals surface area contributed by atoms with Gasteiger partial charge in [-0.25, -0.2) is 4.98 Å². The van der Waals surface area contributed by atoms with Gasteiger partial charge in [-0.1, -0.05) is 11.2 Å². The summed E-state index contributed by atoms with van der Waals surface area (Å²) in [5.41, 5.74) is 0.869. The van der Waals surface area contributed by atoms with Crippen LogP contribution in [0.5, 0.6) is 0 Å². The number of guanidine groups is 1. The molecule has 0 unspecified atom stereocenters. The third-order valence-corrected chi connectivity index (χ3v) is 3.68. The zero-order valence-corrected chi connectivity index (χ0v) is 12.6. The summed E-state index contributed by atoms with van der Waals surface area (Å²) < 4.78 is 4.83. The first-order valence-electron chi connectivity index (χ1n) is 7.37. The third-order valence-electron chi connectivity index (χ3n) is 3.68. The highest BCUT2D eigenvalue weighted by atomic mass is 16.5. The van der Waals surface area contributed by atoms with Crippen molar-refractivity contribution in [3.05, 3.63) is 42.4 Å². The van der Waals surface area contributed by atoms with Gasteiger partial charge in [0.2, 0.25) is 0 Å². The monoisotopic (exact) mass is 300 g/mol. The summed E-state index contributed by atoms with van der Waals surface area (Å²) in [7, 11) is 1.80. The maximum absolute atomic E-state index is 4.83. The number of anilines is 1. The molecular formula is C15H20N6O. The Kier molecular flexibility index (Phi) is 4.53. The molecule has 1 aliphatic rings. The van der Waals surface area contributed by atoms with E-state index in [0.29, 0.717) is 6.54 Å². The van der Waals surface area contributed by atoms with E-state index in [2.05, 4.69) is 30.2 Å². The van der Waals surface area contributed by atoms with Gasteiger partial charge in [0, 0.05) is 45.5 Å². The van der Waals surface area contributed by atoms with Gasteiger partial charge < -0.3 is 19.6 Å². The zero-order chi connectivity index (χ0) is 15.2. The van der Waals surface area contributed by atoms with E-state index in [9.17, 15) is 0 Å². The molecule has 1 aliphatic heterocycles. The number of aliphatic imine (C=N–C) groups is 1. The highest BCUT2D eigenvalue weighted by Crippen LogP contribution is 2.12. The van der Waals surface area contributed by atoms with E-state index in [1.807, 2.05) is 30.5 Å². The molecule has 0 atom stereocenters. The van der Waals surface area contributed by atoms with Gasteiger partial charge >= 0.3 is 0 Å². The SMILES string of the molecule is CN=C(NCc1ccon1)N1CCN(c2ccccn2)CC1. The second-order valence-corrected chi connectivity index (χ2v) is 5.05. The minimum absolute atomic E-state index is 0.615. The molecule has 7 heteroatoms. The molecule has 22 heavy (non-hydrogen) atoms. The lowest BCUT2D eigenvalue weighted by Gasteiger charge is -2.37. The highest BCUT2D eigenvalue weighted by molar-refractivity contribution is 5.80. The summed E-state index contributed by atoms with van der Waals surface area (Å²) >= 11 is 0. The molecule has 0 amide bonds. The largest absolute Gasteiger partial charge is 0.364 e. The standard InChI is InChI=1S/C15H20N6O/c1-16-15(18-12-13-5-11-22-19-13)21-9-7-20(8-10-21)14-4-2-3-6-17-14/h2-6,11H,7-10,12H2,1H3,(H,16,18). The summed E-state index contributed by atoms with van der Waals surface area (Å²) in [6.07, 6.45) is 3.41. The fraction of sp³-hybridized carbons (Fsp3) is 0.400. The Bertz CT molecular complexity index is 590. The van der Waals surface area contributed by atoms with Crippen LogP contribution in [-0.4, -0.2) is 54.2 Å². The topological polar surface area (TPSA) is 69.8 Å². The quantitative estimate of drug-likeness (QED) is 0.673. The van der Waals surface area contributed by atoms with Crippen molar-refractivity contribution in [3.63, 3.8) is 0 Å². The molecule has 0 spiro atoms. The molecule has 1 saturated heterocycles. The lowest BCUT2D eigenvalue weighted by molar-refractivity contribution is 0.369. The summed E-state index contributed by atoms with van der Waals surface area (Å²) in [6.45, 7) is 4.30. The number of pyridine rings is 1. The van der Waals surface area contributed by atoms with Gasteiger partial charge in [-0.15, -0.1) is 0 Å². The number of piperazine rings is 1. The van der Waals surface area contributed by atoms with Gasteiger partial charge in [0.1, 0.15) is 17.8 Å². The average Bonchev–Trinajstić information content (AvgIpc) is 3.10. The van der Waals surface area contributed by atoms with E-state index in [0.717, 1.165) is 43.7 Å². The fourth-order valence-electron chi connectivity index (χ4n) is 2.52. The Balaban J connectivity index is 1.53. The summed E-state index contributed by atoms with van der Waals surface area (Å²) in [5.74, 6) is 1.93. The number of rotatable bonds is 3. The van der Waals surface area contributed by atoms with Crippen LogP contribution >= 0.6 is 0 Å². The van der Waals surface area contributed by atoms with Crippen molar-refractivity contribution < 1.29 is 4.52 Å². The number of nitrogens with one attached hydrogen (secondary N) is 1. The molecule has 116 valence electrons. The van der Waals surface area contributed by atoms with Crippen molar-refractivity contribution in [2.75, 3.05) is 38.1 Å². The molecule has 1 N–H and O–H groups in total. The van der Waals surface area contributed by atoms with Gasteiger partial charge in [-0.05, 0) is 12.1 Å². The van der Waals surface area contributed by atoms with Crippen molar-refractivity contribution in [2.24, 2.45) is 4.99 Å². The van der Waals surface area contributed by atoms with Crippen LogP contribution in [0.2, 0.25) is 0 Å². The first-order chi connectivity index (χ1) is 10.9.